The van der Waals surface area contributed by atoms with Crippen LogP contribution < -0.4 is 10.6 Å². The van der Waals surface area contributed by atoms with Crippen molar-refractivity contribution in [1.29, 1.82) is 0 Å². The van der Waals surface area contributed by atoms with Crippen molar-refractivity contribution in [2.24, 2.45) is 0 Å². The molecule has 0 bridgehead atoms. The molecule has 0 saturated heterocycles. The Hall–Kier alpha value is -2.31. The van der Waals surface area contributed by atoms with E-state index in [-0.39, 0.29) is 18.2 Å². The first-order chi connectivity index (χ1) is 10.0. The number of unbranched alkanes of at least 4 members (excludes halogenated alkanes) is 2. The Morgan fingerprint density at radius 3 is 2.67 bits per heavy atom. The van der Waals surface area contributed by atoms with E-state index >= 15 is 0 Å². The van der Waals surface area contributed by atoms with Gasteiger partial charge in [0, 0.05) is 13.0 Å². The molecule has 1 rings (SSSR count). The molecule has 1 unspecified atom stereocenters. The molecule has 1 atom stereocenters. The highest BCUT2D eigenvalue weighted by Gasteiger charge is 2.16. The van der Waals surface area contributed by atoms with Crippen LogP contribution in [0.4, 0.5) is 0 Å². The number of amides is 2. The Kier molecular flexibility index (Phi) is 7.00. The molecular formula is C14H20N2O5. The maximum atomic E-state index is 11.7. The molecule has 0 aliphatic heterocycles. The van der Waals surface area contributed by atoms with Gasteiger partial charge < -0.3 is 20.2 Å². The monoisotopic (exact) mass is 296 g/mol. The number of carboxylic acid groups (broad SMARTS) is 1. The first-order valence-corrected chi connectivity index (χ1v) is 6.83. The quantitative estimate of drug-likeness (QED) is 0.592. The maximum Gasteiger partial charge on any atom is 0.303 e. The highest BCUT2D eigenvalue weighted by molar-refractivity contribution is 5.97. The summed E-state index contributed by atoms with van der Waals surface area (Å²) in [6.45, 7) is 2.06. The van der Waals surface area contributed by atoms with E-state index in [2.05, 4.69) is 10.6 Å². The van der Waals surface area contributed by atoms with E-state index in [0.717, 1.165) is 6.42 Å². The normalized spacial score (nSPS) is 11.7. The van der Waals surface area contributed by atoms with Crippen LogP contribution in [0.3, 0.4) is 0 Å². The maximum absolute atomic E-state index is 11.7. The van der Waals surface area contributed by atoms with E-state index in [9.17, 15) is 14.4 Å². The van der Waals surface area contributed by atoms with Gasteiger partial charge in [-0.3, -0.25) is 14.4 Å². The SMILES string of the molecule is CC(NC(=O)c1ccoc1)C(=O)NCCCCCC(=O)O. The highest BCUT2D eigenvalue weighted by Crippen LogP contribution is 2.01. The number of carbonyl (C=O) groups excluding carboxylic acids is 2. The minimum atomic E-state index is -0.811. The van der Waals surface area contributed by atoms with Gasteiger partial charge in [-0.15, -0.1) is 0 Å². The molecule has 21 heavy (non-hydrogen) atoms. The van der Waals surface area contributed by atoms with Crippen LogP contribution in [0.25, 0.3) is 0 Å². The Labute approximate surface area is 122 Å². The van der Waals surface area contributed by atoms with E-state index < -0.39 is 12.0 Å². The number of furan rings is 1. The van der Waals surface area contributed by atoms with Crippen LogP contribution in [-0.4, -0.2) is 35.5 Å². The van der Waals surface area contributed by atoms with Gasteiger partial charge >= 0.3 is 5.97 Å². The zero-order valence-electron chi connectivity index (χ0n) is 11.9. The van der Waals surface area contributed by atoms with Crippen LogP contribution in [0, 0.1) is 0 Å². The Bertz CT molecular complexity index is 470. The van der Waals surface area contributed by atoms with Crippen LogP contribution in [0.5, 0.6) is 0 Å². The van der Waals surface area contributed by atoms with Gasteiger partial charge in [-0.25, -0.2) is 0 Å². The summed E-state index contributed by atoms with van der Waals surface area (Å²) in [5, 5.41) is 13.7. The summed E-state index contributed by atoms with van der Waals surface area (Å²) in [5.41, 5.74) is 0.364. The lowest BCUT2D eigenvalue weighted by Crippen LogP contribution is -2.45. The molecule has 1 aromatic rings. The van der Waals surface area contributed by atoms with Gasteiger partial charge in [0.25, 0.3) is 5.91 Å². The van der Waals surface area contributed by atoms with E-state index in [1.165, 1.54) is 18.6 Å². The van der Waals surface area contributed by atoms with Crippen LogP contribution in [-0.2, 0) is 9.59 Å². The molecule has 7 heteroatoms. The topological polar surface area (TPSA) is 109 Å². The largest absolute Gasteiger partial charge is 0.481 e. The van der Waals surface area contributed by atoms with E-state index in [1.807, 2.05) is 0 Å². The van der Waals surface area contributed by atoms with Crippen molar-refractivity contribution >= 4 is 17.8 Å². The summed E-state index contributed by atoms with van der Waals surface area (Å²) < 4.78 is 4.79. The standard InChI is InChI=1S/C14H20N2O5/c1-10(16-14(20)11-6-8-21-9-11)13(19)15-7-4-2-3-5-12(17)18/h6,8-10H,2-5,7H2,1H3,(H,15,19)(H,16,20)(H,17,18). The van der Waals surface area contributed by atoms with Gasteiger partial charge in [0.1, 0.15) is 12.3 Å². The molecule has 116 valence electrons. The summed E-state index contributed by atoms with van der Waals surface area (Å²) in [5.74, 6) is -1.45. The molecule has 0 aliphatic carbocycles. The van der Waals surface area contributed by atoms with Gasteiger partial charge in [-0.05, 0) is 25.8 Å². The number of carboxylic acids is 1. The molecule has 3 N–H and O–H groups in total. The van der Waals surface area contributed by atoms with Crippen molar-refractivity contribution in [3.63, 3.8) is 0 Å². The molecule has 1 aromatic heterocycles. The fraction of sp³-hybridized carbons (Fsp3) is 0.500. The lowest BCUT2D eigenvalue weighted by molar-refractivity contribution is -0.137. The van der Waals surface area contributed by atoms with Gasteiger partial charge in [0.2, 0.25) is 5.91 Å². The second-order valence-corrected chi connectivity index (χ2v) is 4.70. The third kappa shape index (κ3) is 6.60. The number of hydrogen-bond donors (Lipinski definition) is 3. The molecule has 0 radical (unpaired) electrons. The van der Waals surface area contributed by atoms with Crippen molar-refractivity contribution in [3.05, 3.63) is 24.2 Å². The predicted molar refractivity (Wildman–Crippen MR) is 74.7 cm³/mol. The summed E-state index contributed by atoms with van der Waals surface area (Å²) in [6.07, 6.45) is 4.88. The molecule has 2 amide bonds. The van der Waals surface area contributed by atoms with Crippen molar-refractivity contribution in [2.75, 3.05) is 6.54 Å². The summed E-state index contributed by atoms with van der Waals surface area (Å²) in [4.78, 5) is 33.8. The molecule has 0 fully saturated rings. The number of rotatable bonds is 9. The lowest BCUT2D eigenvalue weighted by Gasteiger charge is -2.13. The van der Waals surface area contributed by atoms with E-state index in [1.54, 1.807) is 6.92 Å². The number of hydrogen-bond acceptors (Lipinski definition) is 4. The van der Waals surface area contributed by atoms with Crippen molar-refractivity contribution < 1.29 is 23.9 Å². The van der Waals surface area contributed by atoms with Crippen LogP contribution in [0.1, 0.15) is 43.0 Å². The van der Waals surface area contributed by atoms with Crippen molar-refractivity contribution in [3.8, 4) is 0 Å². The molecule has 1 heterocycles. The van der Waals surface area contributed by atoms with Gasteiger partial charge in [0.15, 0.2) is 0 Å². The van der Waals surface area contributed by atoms with E-state index in [0.29, 0.717) is 24.9 Å². The Morgan fingerprint density at radius 1 is 1.29 bits per heavy atom. The smallest absolute Gasteiger partial charge is 0.303 e. The molecular weight excluding hydrogens is 276 g/mol. The molecule has 7 nitrogen and oxygen atoms in total. The first-order valence-electron chi connectivity index (χ1n) is 6.83. The Balaban J connectivity index is 2.16. The molecule has 0 saturated carbocycles. The molecule has 0 aromatic carbocycles. The predicted octanol–water partition coefficient (Wildman–Crippen LogP) is 1.16. The first kappa shape index (κ1) is 16.7. The third-order valence-corrected chi connectivity index (χ3v) is 2.89. The summed E-state index contributed by atoms with van der Waals surface area (Å²) in [7, 11) is 0. The Morgan fingerprint density at radius 2 is 2.05 bits per heavy atom. The van der Waals surface area contributed by atoms with E-state index in [4.69, 9.17) is 9.52 Å². The minimum Gasteiger partial charge on any atom is -0.481 e. The van der Waals surface area contributed by atoms with Crippen LogP contribution in [0.15, 0.2) is 23.0 Å². The van der Waals surface area contributed by atoms with Crippen LogP contribution >= 0.6 is 0 Å². The lowest BCUT2D eigenvalue weighted by atomic mass is 10.2. The number of nitrogens with one attached hydrogen (secondary N) is 2. The summed E-state index contributed by atoms with van der Waals surface area (Å²) in [6, 6.07) is 0.869. The van der Waals surface area contributed by atoms with Gasteiger partial charge in [0.05, 0.1) is 11.8 Å². The van der Waals surface area contributed by atoms with Crippen LogP contribution in [0.2, 0.25) is 0 Å². The van der Waals surface area contributed by atoms with Gasteiger partial charge in [-0.2, -0.15) is 0 Å². The average Bonchev–Trinajstić information content (AvgIpc) is 2.96. The number of carbonyl (C=O) groups is 3. The second kappa shape index (κ2) is 8.78. The molecule has 0 spiro atoms. The fourth-order valence-corrected chi connectivity index (χ4v) is 1.68. The highest BCUT2D eigenvalue weighted by atomic mass is 16.4. The van der Waals surface area contributed by atoms with Crippen molar-refractivity contribution in [2.45, 2.75) is 38.6 Å². The second-order valence-electron chi connectivity index (χ2n) is 4.70. The minimum absolute atomic E-state index is 0.144. The third-order valence-electron chi connectivity index (χ3n) is 2.89. The average molecular weight is 296 g/mol. The fourth-order valence-electron chi connectivity index (χ4n) is 1.68. The van der Waals surface area contributed by atoms with Crippen molar-refractivity contribution in [1.82, 2.24) is 10.6 Å². The van der Waals surface area contributed by atoms with Gasteiger partial charge in [-0.1, -0.05) is 6.42 Å². The molecule has 0 aliphatic rings. The number of aliphatic carboxylic acids is 1. The summed E-state index contributed by atoms with van der Waals surface area (Å²) >= 11 is 0. The zero-order valence-corrected chi connectivity index (χ0v) is 11.9. The zero-order chi connectivity index (χ0) is 15.7.